The second-order valence-corrected chi connectivity index (χ2v) is 9.33. The highest BCUT2D eigenvalue weighted by atomic mass is 16.4. The number of aromatic nitrogens is 3. The number of amides is 1. The first-order valence-electron chi connectivity index (χ1n) is 12.2. The van der Waals surface area contributed by atoms with Gasteiger partial charge in [0.15, 0.2) is 5.69 Å². The molecular formula is C27H32N4O6. The average molecular weight is 509 g/mol. The van der Waals surface area contributed by atoms with Gasteiger partial charge in [-0.15, -0.1) is 0 Å². The van der Waals surface area contributed by atoms with Gasteiger partial charge in [-0.05, 0) is 61.6 Å². The lowest BCUT2D eigenvalue weighted by atomic mass is 10.1. The van der Waals surface area contributed by atoms with Crippen molar-refractivity contribution in [2.45, 2.75) is 51.5 Å². The summed E-state index contributed by atoms with van der Waals surface area (Å²) in [6, 6.07) is 11.4. The van der Waals surface area contributed by atoms with Crippen LogP contribution in [-0.2, 0) is 13.0 Å². The molecule has 0 saturated heterocycles. The Bertz CT molecular complexity index is 1480. The van der Waals surface area contributed by atoms with Gasteiger partial charge in [-0.2, -0.15) is 0 Å². The lowest BCUT2D eigenvalue weighted by molar-refractivity contribution is -0.0805. The summed E-state index contributed by atoms with van der Waals surface area (Å²) < 4.78 is 1.17. The second-order valence-electron chi connectivity index (χ2n) is 9.33. The fraction of sp³-hybridized carbons (Fsp3) is 0.370. The first-order valence-corrected chi connectivity index (χ1v) is 12.2. The molecule has 0 radical (unpaired) electrons. The zero-order valence-electron chi connectivity index (χ0n) is 20.8. The van der Waals surface area contributed by atoms with Crippen molar-refractivity contribution >= 4 is 27.8 Å². The van der Waals surface area contributed by atoms with Gasteiger partial charge in [-0.1, -0.05) is 18.2 Å². The largest absolute Gasteiger partial charge is 0.394 e. The molecule has 10 nitrogen and oxygen atoms in total. The molecule has 3 atom stereocenters. The molecule has 3 unspecified atom stereocenters. The van der Waals surface area contributed by atoms with E-state index in [1.807, 2.05) is 44.3 Å². The molecule has 0 spiro atoms. The van der Waals surface area contributed by atoms with Crippen molar-refractivity contribution in [3.8, 4) is 0 Å². The zero-order chi connectivity index (χ0) is 26.7. The normalized spacial score (nSPS) is 14.1. The highest BCUT2D eigenvalue weighted by molar-refractivity contribution is 5.94. The summed E-state index contributed by atoms with van der Waals surface area (Å²) in [5.41, 5.74) is 3.69. The molecule has 196 valence electrons. The fourth-order valence-electron chi connectivity index (χ4n) is 4.39. The van der Waals surface area contributed by atoms with Crippen LogP contribution in [0.25, 0.3) is 21.9 Å². The van der Waals surface area contributed by atoms with E-state index >= 15 is 0 Å². The van der Waals surface area contributed by atoms with E-state index in [-0.39, 0.29) is 5.69 Å². The van der Waals surface area contributed by atoms with Crippen LogP contribution < -0.4 is 10.9 Å². The van der Waals surface area contributed by atoms with E-state index in [1.54, 1.807) is 12.1 Å². The minimum absolute atomic E-state index is 0.327. The molecule has 0 fully saturated rings. The lowest BCUT2D eigenvalue weighted by Crippen LogP contribution is -2.44. The maximum absolute atomic E-state index is 13.3. The predicted octanol–water partition coefficient (Wildman–Crippen LogP) is 0.932. The maximum Gasteiger partial charge on any atom is 0.282 e. The number of hydrogen-bond donors (Lipinski definition) is 6. The molecule has 0 aliphatic rings. The Morgan fingerprint density at radius 1 is 1.11 bits per heavy atom. The van der Waals surface area contributed by atoms with Crippen molar-refractivity contribution < 1.29 is 25.2 Å². The summed E-state index contributed by atoms with van der Waals surface area (Å²) in [6.45, 7) is 2.91. The number of benzene rings is 2. The van der Waals surface area contributed by atoms with Gasteiger partial charge in [-0.25, -0.2) is 4.98 Å². The van der Waals surface area contributed by atoms with Crippen LogP contribution in [0.2, 0.25) is 0 Å². The van der Waals surface area contributed by atoms with Crippen LogP contribution in [0.4, 0.5) is 0 Å². The van der Waals surface area contributed by atoms with Crippen molar-refractivity contribution in [1.82, 2.24) is 19.9 Å². The minimum Gasteiger partial charge on any atom is -0.394 e. The molecule has 1 amide bonds. The highest BCUT2D eigenvalue weighted by Gasteiger charge is 2.27. The van der Waals surface area contributed by atoms with Crippen molar-refractivity contribution in [3.05, 3.63) is 75.3 Å². The average Bonchev–Trinajstić information content (AvgIpc) is 3.31. The summed E-state index contributed by atoms with van der Waals surface area (Å²) in [4.78, 5) is 33.9. The van der Waals surface area contributed by atoms with Gasteiger partial charge in [0, 0.05) is 23.6 Å². The van der Waals surface area contributed by atoms with Crippen molar-refractivity contribution in [1.29, 1.82) is 0 Å². The highest BCUT2D eigenvalue weighted by Crippen LogP contribution is 2.20. The van der Waals surface area contributed by atoms with Crippen LogP contribution >= 0.6 is 0 Å². The van der Waals surface area contributed by atoms with Crippen LogP contribution in [0, 0.1) is 13.8 Å². The number of aliphatic hydroxyl groups excluding tert-OH is 4. The number of hydrogen-bond acceptors (Lipinski definition) is 7. The maximum atomic E-state index is 13.3. The minimum atomic E-state index is -1.69. The topological polar surface area (TPSA) is 161 Å². The molecule has 0 aliphatic carbocycles. The van der Waals surface area contributed by atoms with Crippen molar-refractivity contribution in [2.24, 2.45) is 0 Å². The summed E-state index contributed by atoms with van der Waals surface area (Å²) in [6.07, 6.45) is -1.50. The summed E-state index contributed by atoms with van der Waals surface area (Å²) in [5, 5.41) is 43.2. The molecular weight excluding hydrogens is 476 g/mol. The number of aliphatic hydroxyl groups is 4. The summed E-state index contributed by atoms with van der Waals surface area (Å²) in [5.74, 6) is -0.636. The molecule has 4 rings (SSSR count). The number of aryl methyl sites for hydroxylation is 3. The number of carbonyl (C=O) groups excluding carboxylic acids is 1. The van der Waals surface area contributed by atoms with Crippen LogP contribution in [0.1, 0.15) is 33.6 Å². The molecule has 0 saturated carbocycles. The lowest BCUT2D eigenvalue weighted by Gasteiger charge is -2.23. The number of rotatable bonds is 10. The van der Waals surface area contributed by atoms with E-state index < -0.39 is 42.9 Å². The van der Waals surface area contributed by atoms with Crippen LogP contribution in [0.15, 0.2) is 47.4 Å². The number of aromatic amines is 1. The summed E-state index contributed by atoms with van der Waals surface area (Å²) in [7, 11) is 0. The number of fused-ring (bicyclic) bond motifs is 2. The first-order chi connectivity index (χ1) is 17.7. The van der Waals surface area contributed by atoms with Gasteiger partial charge < -0.3 is 35.3 Å². The Balaban J connectivity index is 1.55. The number of para-hydroxylation sites is 1. The van der Waals surface area contributed by atoms with E-state index in [4.69, 9.17) is 5.11 Å². The van der Waals surface area contributed by atoms with E-state index in [0.717, 1.165) is 34.0 Å². The number of nitrogens with zero attached hydrogens (tertiary/aromatic N) is 2. The molecule has 2 aromatic heterocycles. The standard InChI is InChI=1S/C27H32N4O6/c1-15-10-20-21(11-16(15)2)31(13-22(33)25(35)23(34)14-32)27(37)24(30-20)26(36)28-9-5-6-17-12-29-19-8-4-3-7-18(17)19/h3-4,7-8,10-12,22-23,25,29,32-35H,5-6,9,13-14H2,1-2H3,(H,28,36). The van der Waals surface area contributed by atoms with E-state index in [0.29, 0.717) is 24.0 Å². The third-order valence-electron chi connectivity index (χ3n) is 6.71. The Morgan fingerprint density at radius 2 is 1.84 bits per heavy atom. The monoisotopic (exact) mass is 508 g/mol. The van der Waals surface area contributed by atoms with E-state index in [2.05, 4.69) is 15.3 Å². The van der Waals surface area contributed by atoms with Gasteiger partial charge in [0.1, 0.15) is 18.3 Å². The van der Waals surface area contributed by atoms with Crippen LogP contribution in [0.3, 0.4) is 0 Å². The number of H-pyrrole nitrogens is 1. The summed E-state index contributed by atoms with van der Waals surface area (Å²) >= 11 is 0. The van der Waals surface area contributed by atoms with Crippen molar-refractivity contribution in [3.63, 3.8) is 0 Å². The van der Waals surface area contributed by atoms with E-state index in [9.17, 15) is 24.9 Å². The van der Waals surface area contributed by atoms with Gasteiger partial charge >= 0.3 is 0 Å². The molecule has 2 aromatic carbocycles. The Kier molecular flexibility index (Phi) is 8.03. The Hall–Kier alpha value is -3.57. The molecule has 2 heterocycles. The van der Waals surface area contributed by atoms with Gasteiger partial charge in [0.25, 0.3) is 11.5 Å². The fourth-order valence-corrected chi connectivity index (χ4v) is 4.39. The third-order valence-corrected chi connectivity index (χ3v) is 6.71. The Labute approximate surface area is 213 Å². The predicted molar refractivity (Wildman–Crippen MR) is 140 cm³/mol. The Morgan fingerprint density at radius 3 is 2.59 bits per heavy atom. The molecule has 37 heavy (non-hydrogen) atoms. The quantitative estimate of drug-likeness (QED) is 0.174. The smallest absolute Gasteiger partial charge is 0.282 e. The SMILES string of the molecule is Cc1cc2nc(C(=O)NCCCc3c[nH]c4ccccc34)c(=O)n(CC(O)C(O)C(O)CO)c2cc1C. The molecule has 0 bridgehead atoms. The molecule has 0 aliphatic heterocycles. The first kappa shape index (κ1) is 26.5. The zero-order valence-corrected chi connectivity index (χ0v) is 20.8. The van der Waals surface area contributed by atoms with Gasteiger partial charge in [0.2, 0.25) is 0 Å². The molecule has 10 heteroatoms. The number of nitrogens with one attached hydrogen (secondary N) is 2. The van der Waals surface area contributed by atoms with Crippen LogP contribution in [0.5, 0.6) is 0 Å². The van der Waals surface area contributed by atoms with Gasteiger partial charge in [-0.3, -0.25) is 9.59 Å². The number of carbonyl (C=O) groups is 1. The van der Waals surface area contributed by atoms with E-state index in [1.165, 1.54) is 4.57 Å². The third kappa shape index (κ3) is 5.57. The second kappa shape index (κ2) is 11.2. The van der Waals surface area contributed by atoms with Crippen LogP contribution in [-0.4, -0.2) is 72.3 Å². The van der Waals surface area contributed by atoms with Crippen molar-refractivity contribution in [2.75, 3.05) is 13.2 Å². The molecule has 4 aromatic rings. The van der Waals surface area contributed by atoms with Gasteiger partial charge in [0.05, 0.1) is 24.2 Å². The molecule has 6 N–H and O–H groups in total.